The predicted molar refractivity (Wildman–Crippen MR) is 139 cm³/mol. The minimum Gasteiger partial charge on any atom is -0.497 e. The molecule has 0 bridgehead atoms. The molecule has 0 spiro atoms. The van der Waals surface area contributed by atoms with E-state index in [0.29, 0.717) is 55.6 Å². The number of benzene rings is 3. The van der Waals surface area contributed by atoms with Crippen LogP contribution in [0.25, 0.3) is 22.3 Å². The van der Waals surface area contributed by atoms with Crippen LogP contribution in [0.1, 0.15) is 11.5 Å². The zero-order valence-electron chi connectivity index (χ0n) is 19.5. The summed E-state index contributed by atoms with van der Waals surface area (Å²) in [7, 11) is 3.16. The van der Waals surface area contributed by atoms with E-state index in [9.17, 15) is 4.79 Å². The third-order valence-electron chi connectivity index (χ3n) is 5.56. The number of nitrogens with zero attached hydrogens (tertiary/aromatic N) is 4. The lowest BCUT2D eigenvalue weighted by Gasteiger charge is -2.13. The Labute approximate surface area is 215 Å². The molecule has 182 valence electrons. The normalized spacial score (nSPS) is 11.1. The Morgan fingerprint density at radius 3 is 2.61 bits per heavy atom. The topological polar surface area (TPSA) is 92.3 Å². The van der Waals surface area contributed by atoms with Crippen molar-refractivity contribution in [2.75, 3.05) is 14.2 Å². The van der Waals surface area contributed by atoms with Crippen LogP contribution in [0.4, 0.5) is 0 Å². The molecule has 0 radical (unpaired) electrons. The number of ether oxygens (including phenoxy) is 2. The number of halogens is 1. The Hall–Kier alpha value is -3.82. The molecule has 0 aliphatic rings. The van der Waals surface area contributed by atoms with Gasteiger partial charge in [-0.05, 0) is 35.9 Å². The van der Waals surface area contributed by atoms with Gasteiger partial charge in [-0.3, -0.25) is 9.36 Å². The minimum absolute atomic E-state index is 0.141. The summed E-state index contributed by atoms with van der Waals surface area (Å²) < 4.78 is 17.8. The van der Waals surface area contributed by atoms with Gasteiger partial charge in [0.25, 0.3) is 5.56 Å². The van der Waals surface area contributed by atoms with Crippen LogP contribution in [-0.2, 0) is 12.3 Å². The van der Waals surface area contributed by atoms with E-state index < -0.39 is 0 Å². The van der Waals surface area contributed by atoms with Gasteiger partial charge in [-0.2, -0.15) is 4.98 Å². The lowest BCUT2D eigenvalue weighted by molar-refractivity contribution is 0.388. The summed E-state index contributed by atoms with van der Waals surface area (Å²) in [5.74, 6) is 2.33. The van der Waals surface area contributed by atoms with Crippen LogP contribution < -0.4 is 15.0 Å². The number of fused-ring (bicyclic) bond motifs is 1. The molecular formula is C26H21ClN4O4S. The SMILES string of the molecule is COc1ccc(-c2noc(CSc3nc4ccccc4c(=O)n3Cc3ccccc3Cl)n2)c(OC)c1. The highest BCUT2D eigenvalue weighted by atomic mass is 35.5. The Morgan fingerprint density at radius 1 is 1.00 bits per heavy atom. The number of hydrogen-bond acceptors (Lipinski definition) is 8. The van der Waals surface area contributed by atoms with Crippen LogP contribution in [0.15, 0.2) is 81.2 Å². The fraction of sp³-hybridized carbons (Fsp3) is 0.154. The van der Waals surface area contributed by atoms with Gasteiger partial charge in [0.2, 0.25) is 11.7 Å². The molecule has 2 aromatic heterocycles. The largest absolute Gasteiger partial charge is 0.497 e. The molecule has 0 saturated heterocycles. The van der Waals surface area contributed by atoms with Crippen molar-refractivity contribution in [2.24, 2.45) is 0 Å². The average molecular weight is 521 g/mol. The summed E-state index contributed by atoms with van der Waals surface area (Å²) in [4.78, 5) is 22.6. The van der Waals surface area contributed by atoms with Crippen molar-refractivity contribution >= 4 is 34.3 Å². The lowest BCUT2D eigenvalue weighted by atomic mass is 10.2. The molecule has 5 aromatic rings. The smallest absolute Gasteiger partial charge is 0.262 e. The summed E-state index contributed by atoms with van der Waals surface area (Å²) in [6, 6.07) is 20.1. The van der Waals surface area contributed by atoms with Crippen LogP contribution in [-0.4, -0.2) is 33.9 Å². The van der Waals surface area contributed by atoms with E-state index in [2.05, 4.69) is 10.1 Å². The molecule has 2 heterocycles. The molecule has 0 aliphatic carbocycles. The predicted octanol–water partition coefficient (Wildman–Crippen LogP) is 5.46. The second kappa shape index (κ2) is 10.4. The van der Waals surface area contributed by atoms with Gasteiger partial charge >= 0.3 is 0 Å². The van der Waals surface area contributed by atoms with E-state index >= 15 is 0 Å². The number of methoxy groups -OCH3 is 2. The lowest BCUT2D eigenvalue weighted by Crippen LogP contribution is -2.24. The highest BCUT2D eigenvalue weighted by Gasteiger charge is 2.17. The van der Waals surface area contributed by atoms with Crippen LogP contribution in [0.2, 0.25) is 5.02 Å². The van der Waals surface area contributed by atoms with Crippen LogP contribution in [0.3, 0.4) is 0 Å². The van der Waals surface area contributed by atoms with Gasteiger partial charge in [0.1, 0.15) is 11.5 Å². The number of aromatic nitrogens is 4. The Morgan fingerprint density at radius 2 is 1.81 bits per heavy atom. The summed E-state index contributed by atoms with van der Waals surface area (Å²) in [5.41, 5.74) is 1.98. The second-order valence-electron chi connectivity index (χ2n) is 7.76. The number of hydrogen-bond donors (Lipinski definition) is 0. The fourth-order valence-corrected chi connectivity index (χ4v) is 4.76. The van der Waals surface area contributed by atoms with E-state index in [1.54, 1.807) is 43.1 Å². The van der Waals surface area contributed by atoms with E-state index in [-0.39, 0.29) is 12.1 Å². The van der Waals surface area contributed by atoms with E-state index in [1.807, 2.05) is 42.5 Å². The van der Waals surface area contributed by atoms with Crippen LogP contribution in [0, 0.1) is 0 Å². The molecule has 3 aromatic carbocycles. The monoisotopic (exact) mass is 520 g/mol. The number of para-hydroxylation sites is 1. The van der Waals surface area contributed by atoms with Crippen LogP contribution >= 0.6 is 23.4 Å². The van der Waals surface area contributed by atoms with E-state index in [1.165, 1.54) is 11.8 Å². The maximum absolute atomic E-state index is 13.4. The third kappa shape index (κ3) is 4.80. The molecule has 0 N–H and O–H groups in total. The third-order valence-corrected chi connectivity index (χ3v) is 6.89. The highest BCUT2D eigenvalue weighted by Crippen LogP contribution is 2.32. The van der Waals surface area contributed by atoms with Crippen molar-refractivity contribution < 1.29 is 14.0 Å². The summed E-state index contributed by atoms with van der Waals surface area (Å²) in [6.07, 6.45) is 0. The quantitative estimate of drug-likeness (QED) is 0.197. The highest BCUT2D eigenvalue weighted by molar-refractivity contribution is 7.98. The summed E-state index contributed by atoms with van der Waals surface area (Å²) >= 11 is 7.72. The average Bonchev–Trinajstić information content (AvgIpc) is 3.38. The Bertz CT molecular complexity index is 1600. The van der Waals surface area contributed by atoms with Crippen LogP contribution in [0.5, 0.6) is 11.5 Å². The first kappa shape index (κ1) is 23.9. The molecular weight excluding hydrogens is 500 g/mol. The van der Waals surface area contributed by atoms with E-state index in [0.717, 1.165) is 5.56 Å². The molecule has 0 fully saturated rings. The molecule has 0 unspecified atom stereocenters. The molecule has 0 atom stereocenters. The molecule has 0 aliphatic heterocycles. The molecule has 0 amide bonds. The first-order chi connectivity index (χ1) is 17.6. The van der Waals surface area contributed by atoms with Crippen molar-refractivity contribution in [3.8, 4) is 22.9 Å². The molecule has 5 rings (SSSR count). The molecule has 8 nitrogen and oxygen atoms in total. The second-order valence-corrected chi connectivity index (χ2v) is 9.11. The maximum Gasteiger partial charge on any atom is 0.262 e. The van der Waals surface area contributed by atoms with E-state index in [4.69, 9.17) is 30.6 Å². The van der Waals surface area contributed by atoms with Gasteiger partial charge in [0.05, 0.1) is 43.0 Å². The van der Waals surface area contributed by atoms with Crippen molar-refractivity contribution in [3.63, 3.8) is 0 Å². The Kier molecular flexibility index (Phi) is 6.92. The summed E-state index contributed by atoms with van der Waals surface area (Å²) in [6.45, 7) is 0.288. The maximum atomic E-state index is 13.4. The van der Waals surface area contributed by atoms with Crippen molar-refractivity contribution in [3.05, 3.63) is 93.6 Å². The van der Waals surface area contributed by atoms with Crippen molar-refractivity contribution in [1.29, 1.82) is 0 Å². The van der Waals surface area contributed by atoms with Gasteiger partial charge in [-0.15, -0.1) is 0 Å². The zero-order chi connectivity index (χ0) is 25.1. The fourth-order valence-electron chi connectivity index (χ4n) is 3.73. The summed E-state index contributed by atoms with van der Waals surface area (Å²) in [5, 5.41) is 5.76. The Balaban J connectivity index is 1.46. The molecule has 36 heavy (non-hydrogen) atoms. The van der Waals surface area contributed by atoms with Gasteiger partial charge in [0.15, 0.2) is 5.16 Å². The number of rotatable bonds is 8. The van der Waals surface area contributed by atoms with Crippen molar-refractivity contribution in [2.45, 2.75) is 17.5 Å². The zero-order valence-corrected chi connectivity index (χ0v) is 21.0. The first-order valence-electron chi connectivity index (χ1n) is 11.0. The van der Waals surface area contributed by atoms with Crippen molar-refractivity contribution in [1.82, 2.24) is 19.7 Å². The molecule has 10 heteroatoms. The molecule has 0 saturated carbocycles. The minimum atomic E-state index is -0.141. The standard InChI is InChI=1S/C26H21ClN4O4S/c1-33-17-11-12-19(22(13-17)34-2)24-29-23(35-30-24)15-36-26-28-21-10-6-4-8-18(21)25(32)31(26)14-16-7-3-5-9-20(16)27/h3-13H,14-15H2,1-2H3. The first-order valence-corrected chi connectivity index (χ1v) is 12.3. The van der Waals surface area contributed by atoms with Gasteiger partial charge in [-0.25, -0.2) is 4.98 Å². The number of thioether (sulfide) groups is 1. The van der Waals surface area contributed by atoms with Gasteiger partial charge in [0, 0.05) is 11.1 Å². The van der Waals surface area contributed by atoms with Gasteiger partial charge < -0.3 is 14.0 Å². The van der Waals surface area contributed by atoms with Gasteiger partial charge in [-0.1, -0.05) is 58.9 Å².